The summed E-state index contributed by atoms with van der Waals surface area (Å²) in [6.45, 7) is 7.51. The van der Waals surface area contributed by atoms with Crippen LogP contribution < -0.4 is 0 Å². The molecular formula is C17H19NO. The van der Waals surface area contributed by atoms with Gasteiger partial charge in [-0.15, -0.1) is 0 Å². The fraction of sp³-hybridized carbons (Fsp3) is 0.353. The van der Waals surface area contributed by atoms with Gasteiger partial charge in [-0.25, -0.2) is 0 Å². The first kappa shape index (κ1) is 12.2. The van der Waals surface area contributed by atoms with Crippen LogP contribution in [-0.2, 0) is 11.8 Å². The van der Waals surface area contributed by atoms with Gasteiger partial charge in [-0.1, -0.05) is 45.0 Å². The molecule has 0 N–H and O–H groups in total. The number of fused-ring (bicyclic) bond motifs is 1. The molecule has 1 aliphatic rings. The first-order valence-corrected chi connectivity index (χ1v) is 6.78. The van der Waals surface area contributed by atoms with E-state index in [1.54, 1.807) is 6.26 Å². The van der Waals surface area contributed by atoms with Crippen LogP contribution in [0.15, 0.2) is 46.0 Å². The second-order valence-corrected chi connectivity index (χ2v) is 6.07. The lowest BCUT2D eigenvalue weighted by molar-refractivity contribution is 0.508. The third kappa shape index (κ3) is 2.23. The average Bonchev–Trinajstić information content (AvgIpc) is 2.86. The zero-order chi connectivity index (χ0) is 13.5. The number of rotatable bonds is 1. The van der Waals surface area contributed by atoms with Gasteiger partial charge in [-0.2, -0.15) is 0 Å². The van der Waals surface area contributed by atoms with Gasteiger partial charge >= 0.3 is 0 Å². The highest BCUT2D eigenvalue weighted by Crippen LogP contribution is 2.25. The molecule has 0 fully saturated rings. The minimum Gasteiger partial charge on any atom is -0.469 e. The average molecular weight is 253 g/mol. The summed E-state index contributed by atoms with van der Waals surface area (Å²) in [7, 11) is 0. The molecule has 2 aromatic rings. The fourth-order valence-corrected chi connectivity index (χ4v) is 2.47. The summed E-state index contributed by atoms with van der Waals surface area (Å²) in [4.78, 5) is 4.66. The molecule has 2 nitrogen and oxygen atoms in total. The maximum absolute atomic E-state index is 5.50. The summed E-state index contributed by atoms with van der Waals surface area (Å²) in [6.07, 6.45) is 2.67. The van der Waals surface area contributed by atoms with Crippen LogP contribution in [0.1, 0.15) is 43.2 Å². The van der Waals surface area contributed by atoms with Crippen LogP contribution in [0.4, 0.5) is 0 Å². The predicted octanol–water partition coefficient (Wildman–Crippen LogP) is 3.97. The van der Waals surface area contributed by atoms with Crippen LogP contribution in [0, 0.1) is 0 Å². The third-order valence-corrected chi connectivity index (χ3v) is 3.63. The van der Waals surface area contributed by atoms with Crippen molar-refractivity contribution >= 4 is 5.71 Å². The second-order valence-electron chi connectivity index (χ2n) is 6.07. The maximum atomic E-state index is 5.50. The SMILES string of the molecule is CC(C)(C)c1ccc(C2=NCCc3occc32)cc1. The first-order chi connectivity index (χ1) is 9.05. The van der Waals surface area contributed by atoms with Crippen molar-refractivity contribution < 1.29 is 4.42 Å². The predicted molar refractivity (Wildman–Crippen MR) is 78.1 cm³/mol. The van der Waals surface area contributed by atoms with Gasteiger partial charge in [0.05, 0.1) is 12.0 Å². The molecule has 0 amide bonds. The molecule has 19 heavy (non-hydrogen) atoms. The summed E-state index contributed by atoms with van der Waals surface area (Å²) in [5, 5.41) is 0. The molecule has 1 aromatic heterocycles. The zero-order valence-corrected chi connectivity index (χ0v) is 11.7. The summed E-state index contributed by atoms with van der Waals surface area (Å²) in [5.41, 5.74) is 4.92. The van der Waals surface area contributed by atoms with Crippen molar-refractivity contribution in [3.05, 3.63) is 59.0 Å². The molecule has 0 spiro atoms. The van der Waals surface area contributed by atoms with Gasteiger partial charge in [0.25, 0.3) is 0 Å². The Labute approximate surface area is 114 Å². The van der Waals surface area contributed by atoms with Gasteiger partial charge in [0.1, 0.15) is 5.76 Å². The Balaban J connectivity index is 1.98. The van der Waals surface area contributed by atoms with E-state index >= 15 is 0 Å². The topological polar surface area (TPSA) is 25.5 Å². The number of furan rings is 1. The lowest BCUT2D eigenvalue weighted by atomic mass is 9.86. The van der Waals surface area contributed by atoms with Crippen molar-refractivity contribution in [2.75, 3.05) is 6.54 Å². The molecule has 2 heterocycles. The van der Waals surface area contributed by atoms with E-state index in [2.05, 4.69) is 50.0 Å². The lowest BCUT2D eigenvalue weighted by Gasteiger charge is -2.19. The number of benzene rings is 1. The standard InChI is InChI=1S/C17H19NO/c1-17(2,3)13-6-4-12(5-7-13)16-14-9-11-19-15(14)8-10-18-16/h4-7,9,11H,8,10H2,1-3H3. The molecule has 0 unspecified atom stereocenters. The molecule has 1 aliphatic heterocycles. The van der Waals surface area contributed by atoms with E-state index in [0.29, 0.717) is 0 Å². The Morgan fingerprint density at radius 2 is 1.79 bits per heavy atom. The van der Waals surface area contributed by atoms with Crippen LogP contribution in [0.3, 0.4) is 0 Å². The fourth-order valence-electron chi connectivity index (χ4n) is 2.47. The molecular weight excluding hydrogens is 234 g/mol. The molecule has 0 bridgehead atoms. The van der Waals surface area contributed by atoms with Gasteiger partial charge in [0.15, 0.2) is 0 Å². The minimum atomic E-state index is 0.188. The molecule has 0 radical (unpaired) electrons. The highest BCUT2D eigenvalue weighted by molar-refractivity contribution is 6.13. The second kappa shape index (κ2) is 4.37. The Morgan fingerprint density at radius 3 is 2.47 bits per heavy atom. The van der Waals surface area contributed by atoms with E-state index < -0.39 is 0 Å². The number of aliphatic imine (C=N–C) groups is 1. The third-order valence-electron chi connectivity index (χ3n) is 3.63. The molecule has 0 atom stereocenters. The Hall–Kier alpha value is -1.83. The van der Waals surface area contributed by atoms with E-state index in [9.17, 15) is 0 Å². The largest absolute Gasteiger partial charge is 0.469 e. The maximum Gasteiger partial charge on any atom is 0.114 e. The number of hydrogen-bond donors (Lipinski definition) is 0. The smallest absolute Gasteiger partial charge is 0.114 e. The number of hydrogen-bond acceptors (Lipinski definition) is 2. The molecule has 0 aliphatic carbocycles. The summed E-state index contributed by atoms with van der Waals surface area (Å²) >= 11 is 0. The van der Waals surface area contributed by atoms with Crippen LogP contribution in [0.2, 0.25) is 0 Å². The van der Waals surface area contributed by atoms with Gasteiger partial charge in [-0.05, 0) is 17.0 Å². The van der Waals surface area contributed by atoms with Crippen molar-refractivity contribution in [1.29, 1.82) is 0 Å². The quantitative estimate of drug-likeness (QED) is 0.755. The number of nitrogens with zero attached hydrogens (tertiary/aromatic N) is 1. The van der Waals surface area contributed by atoms with E-state index in [1.165, 1.54) is 11.1 Å². The van der Waals surface area contributed by atoms with Gasteiger partial charge in [0, 0.05) is 24.1 Å². The molecule has 0 saturated carbocycles. The van der Waals surface area contributed by atoms with Crippen molar-refractivity contribution in [2.45, 2.75) is 32.6 Å². The summed E-state index contributed by atoms with van der Waals surface area (Å²) in [5.74, 6) is 1.06. The summed E-state index contributed by atoms with van der Waals surface area (Å²) in [6, 6.07) is 10.8. The zero-order valence-electron chi connectivity index (χ0n) is 11.7. The van der Waals surface area contributed by atoms with Crippen LogP contribution >= 0.6 is 0 Å². The first-order valence-electron chi connectivity index (χ1n) is 6.78. The molecule has 2 heteroatoms. The van der Waals surface area contributed by atoms with E-state index in [1.807, 2.05) is 6.07 Å². The highest BCUT2D eigenvalue weighted by atomic mass is 16.3. The van der Waals surface area contributed by atoms with Crippen LogP contribution in [-0.4, -0.2) is 12.3 Å². The Morgan fingerprint density at radius 1 is 1.05 bits per heavy atom. The normalized spacial score (nSPS) is 15.0. The van der Waals surface area contributed by atoms with Crippen LogP contribution in [0.25, 0.3) is 0 Å². The van der Waals surface area contributed by atoms with Crippen molar-refractivity contribution in [2.24, 2.45) is 4.99 Å². The minimum absolute atomic E-state index is 0.188. The van der Waals surface area contributed by atoms with Gasteiger partial charge in [0.2, 0.25) is 0 Å². The van der Waals surface area contributed by atoms with E-state index in [4.69, 9.17) is 4.42 Å². The molecule has 3 rings (SSSR count). The van der Waals surface area contributed by atoms with Crippen molar-refractivity contribution in [3.63, 3.8) is 0 Å². The molecule has 0 saturated heterocycles. The van der Waals surface area contributed by atoms with Gasteiger partial charge in [-0.3, -0.25) is 4.99 Å². The monoisotopic (exact) mass is 253 g/mol. The lowest BCUT2D eigenvalue weighted by Crippen LogP contribution is -2.14. The van der Waals surface area contributed by atoms with Crippen molar-refractivity contribution in [1.82, 2.24) is 0 Å². The molecule has 98 valence electrons. The van der Waals surface area contributed by atoms with Gasteiger partial charge < -0.3 is 4.42 Å². The Kier molecular flexibility index (Phi) is 2.81. The highest BCUT2D eigenvalue weighted by Gasteiger charge is 2.19. The Bertz CT molecular complexity index is 611. The summed E-state index contributed by atoms with van der Waals surface area (Å²) < 4.78 is 5.50. The molecule has 1 aromatic carbocycles. The van der Waals surface area contributed by atoms with Crippen molar-refractivity contribution in [3.8, 4) is 0 Å². The van der Waals surface area contributed by atoms with Crippen LogP contribution in [0.5, 0.6) is 0 Å². The van der Waals surface area contributed by atoms with E-state index in [0.717, 1.165) is 30.0 Å². The van der Waals surface area contributed by atoms with E-state index in [-0.39, 0.29) is 5.41 Å².